The lowest BCUT2D eigenvalue weighted by Gasteiger charge is -2.43. The third-order valence-corrected chi connectivity index (χ3v) is 11.4. The van der Waals surface area contributed by atoms with Crippen LogP contribution in [0.5, 0.6) is 5.75 Å². The molecule has 0 unspecified atom stereocenters. The topological polar surface area (TPSA) is 112 Å². The van der Waals surface area contributed by atoms with Gasteiger partial charge in [0, 0.05) is 80.3 Å². The summed E-state index contributed by atoms with van der Waals surface area (Å²) < 4.78 is 19.4. The minimum absolute atomic E-state index is 0.339. The number of hydrogen-bond donors (Lipinski definition) is 2. The fraction of sp³-hybridized carbons (Fsp3) is 0.444. The Labute approximate surface area is 294 Å². The second-order valence-electron chi connectivity index (χ2n) is 13.3. The number of aryl methyl sites for hydroxylation is 2. The van der Waals surface area contributed by atoms with Crippen molar-refractivity contribution in [1.82, 2.24) is 29.7 Å². The molecule has 0 saturated carbocycles. The second kappa shape index (κ2) is 15.0. The Kier molecular flexibility index (Phi) is 10.7. The van der Waals surface area contributed by atoms with Crippen molar-refractivity contribution in [2.24, 2.45) is 0 Å². The Morgan fingerprint density at radius 2 is 1.63 bits per heavy atom. The molecule has 2 aliphatic rings. The van der Waals surface area contributed by atoms with Gasteiger partial charge in [0.15, 0.2) is 5.82 Å². The third-order valence-electron chi connectivity index (χ3n) is 9.58. The summed E-state index contributed by atoms with van der Waals surface area (Å²) in [6.07, 6.45) is 8.31. The fourth-order valence-corrected chi connectivity index (χ4v) is 7.98. The molecule has 2 saturated heterocycles. The van der Waals surface area contributed by atoms with Crippen LogP contribution in [0.1, 0.15) is 31.2 Å². The molecule has 0 spiro atoms. The second-order valence-corrected chi connectivity index (χ2v) is 16.9. The zero-order chi connectivity index (χ0) is 34.7. The van der Waals surface area contributed by atoms with E-state index < -0.39 is 7.14 Å². The fourth-order valence-electron chi connectivity index (χ4n) is 6.68. The molecule has 4 aromatic rings. The minimum Gasteiger partial charge on any atom is -0.494 e. The van der Waals surface area contributed by atoms with Gasteiger partial charge in [-0.3, -0.25) is 4.90 Å². The van der Waals surface area contributed by atoms with Crippen LogP contribution in [0.4, 0.5) is 28.8 Å². The van der Waals surface area contributed by atoms with Crippen molar-refractivity contribution in [2.45, 2.75) is 39.2 Å². The quantitative estimate of drug-likeness (QED) is 0.179. The number of ether oxygens (including phenoxy) is 1. The van der Waals surface area contributed by atoms with Gasteiger partial charge in [-0.2, -0.15) is 4.98 Å². The molecule has 2 N–H and O–H groups in total. The van der Waals surface area contributed by atoms with Crippen LogP contribution in [0.15, 0.2) is 48.9 Å². The summed E-state index contributed by atoms with van der Waals surface area (Å²) in [5.74, 6) is 2.17. The zero-order valence-corrected chi connectivity index (χ0v) is 31.0. The molecule has 2 aromatic carbocycles. The smallest absolute Gasteiger partial charge is 0.229 e. The lowest BCUT2D eigenvalue weighted by molar-refractivity contribution is 0.0982. The molecule has 2 aliphatic heterocycles. The molecule has 0 amide bonds. The van der Waals surface area contributed by atoms with Crippen LogP contribution in [-0.2, 0) is 11.0 Å². The maximum atomic E-state index is 13.5. The number of hydrogen-bond acceptors (Lipinski definition) is 11. The average molecular weight is 704 g/mol. The highest BCUT2D eigenvalue weighted by atomic mass is 35.5. The molecule has 49 heavy (non-hydrogen) atoms. The van der Waals surface area contributed by atoms with Gasteiger partial charge in [-0.25, -0.2) is 15.0 Å². The molecular formula is C36H47ClN9O2P. The minimum atomic E-state index is -2.71. The Morgan fingerprint density at radius 3 is 2.29 bits per heavy atom. The first-order valence-electron chi connectivity index (χ1n) is 17.0. The molecule has 4 heterocycles. The van der Waals surface area contributed by atoms with E-state index in [-0.39, 0.29) is 0 Å². The highest BCUT2D eigenvalue weighted by Gasteiger charge is 2.28. The van der Waals surface area contributed by atoms with E-state index >= 15 is 0 Å². The number of methoxy groups -OCH3 is 1. The van der Waals surface area contributed by atoms with Crippen LogP contribution in [0.2, 0.25) is 5.02 Å². The van der Waals surface area contributed by atoms with Crippen molar-refractivity contribution in [1.29, 1.82) is 0 Å². The van der Waals surface area contributed by atoms with Crippen LogP contribution < -0.4 is 25.6 Å². The molecule has 0 atom stereocenters. The lowest BCUT2D eigenvalue weighted by Crippen LogP contribution is -2.52. The van der Waals surface area contributed by atoms with E-state index in [2.05, 4.69) is 66.4 Å². The van der Waals surface area contributed by atoms with Crippen molar-refractivity contribution in [3.05, 3.63) is 65.3 Å². The number of anilines is 5. The molecule has 0 aliphatic carbocycles. The van der Waals surface area contributed by atoms with Gasteiger partial charge in [-0.05, 0) is 75.9 Å². The number of benzene rings is 2. The Balaban J connectivity index is 1.21. The standard InChI is InChI=1S/C36H47ClN9O2P/c1-7-25-18-31(33(48-4)20-32(25)46-12-10-28(11-13-46)45-16-14-44(3)15-17-45)42-36-40-23-29(37)35(43-36)41-30-9-8-26(19-34(30)49(5,6)47)27-21-38-24(2)39-22-27/h8-9,18-23,28H,7,10-17H2,1-6H3,(H2,40,41,42,43). The van der Waals surface area contributed by atoms with Crippen LogP contribution in [-0.4, -0.2) is 103 Å². The number of piperazine rings is 1. The highest BCUT2D eigenvalue weighted by molar-refractivity contribution is 7.70. The lowest BCUT2D eigenvalue weighted by atomic mass is 9.99. The molecule has 260 valence electrons. The van der Waals surface area contributed by atoms with Gasteiger partial charge in [-0.15, -0.1) is 0 Å². The van der Waals surface area contributed by atoms with Crippen LogP contribution in [0.25, 0.3) is 11.1 Å². The highest BCUT2D eigenvalue weighted by Crippen LogP contribution is 2.41. The number of nitrogens with one attached hydrogen (secondary N) is 2. The van der Waals surface area contributed by atoms with Gasteiger partial charge in [0.25, 0.3) is 0 Å². The first-order chi connectivity index (χ1) is 23.5. The zero-order valence-electron chi connectivity index (χ0n) is 29.3. The number of likely N-dealkylation sites (N-methyl/N-ethyl adjacent to an activating group) is 1. The van der Waals surface area contributed by atoms with Crippen LogP contribution in [0, 0.1) is 6.92 Å². The maximum Gasteiger partial charge on any atom is 0.229 e. The van der Waals surface area contributed by atoms with E-state index in [4.69, 9.17) is 21.3 Å². The third kappa shape index (κ3) is 8.18. The van der Waals surface area contributed by atoms with Crippen molar-refractivity contribution < 1.29 is 9.30 Å². The van der Waals surface area contributed by atoms with Crippen molar-refractivity contribution in [3.8, 4) is 16.9 Å². The number of aromatic nitrogens is 4. The van der Waals surface area contributed by atoms with Crippen LogP contribution >= 0.6 is 18.7 Å². The van der Waals surface area contributed by atoms with E-state index in [1.807, 2.05) is 25.1 Å². The number of rotatable bonds is 10. The summed E-state index contributed by atoms with van der Waals surface area (Å²) in [6.45, 7) is 14.2. The Morgan fingerprint density at radius 1 is 0.918 bits per heavy atom. The summed E-state index contributed by atoms with van der Waals surface area (Å²) in [4.78, 5) is 25.4. The summed E-state index contributed by atoms with van der Waals surface area (Å²) in [5.41, 5.74) is 5.61. The molecule has 6 rings (SSSR count). The predicted octanol–water partition coefficient (Wildman–Crippen LogP) is 6.42. The number of piperidine rings is 1. The normalized spacial score (nSPS) is 16.5. The Bertz CT molecular complexity index is 1820. The van der Waals surface area contributed by atoms with Gasteiger partial charge in [0.1, 0.15) is 23.7 Å². The monoisotopic (exact) mass is 703 g/mol. The largest absolute Gasteiger partial charge is 0.494 e. The van der Waals surface area contributed by atoms with E-state index in [0.29, 0.717) is 39.6 Å². The summed E-state index contributed by atoms with van der Waals surface area (Å²) in [5, 5.41) is 7.71. The predicted molar refractivity (Wildman–Crippen MR) is 202 cm³/mol. The van der Waals surface area contributed by atoms with Crippen LogP contribution in [0.3, 0.4) is 0 Å². The van der Waals surface area contributed by atoms with E-state index in [9.17, 15) is 4.57 Å². The number of nitrogens with zero attached hydrogens (tertiary/aromatic N) is 7. The molecule has 0 bridgehead atoms. The van der Waals surface area contributed by atoms with E-state index in [1.165, 1.54) is 24.1 Å². The molecule has 0 radical (unpaired) electrons. The summed E-state index contributed by atoms with van der Waals surface area (Å²) >= 11 is 6.60. The van der Waals surface area contributed by atoms with Gasteiger partial charge in [-0.1, -0.05) is 24.6 Å². The Hall–Kier alpha value is -3.76. The molecule has 13 heteroatoms. The molecule has 2 fully saturated rings. The number of halogens is 1. The van der Waals surface area contributed by atoms with Crippen molar-refractivity contribution in [3.63, 3.8) is 0 Å². The first-order valence-corrected chi connectivity index (χ1v) is 19.9. The maximum absolute atomic E-state index is 13.5. The van der Waals surface area contributed by atoms with E-state index in [1.54, 1.807) is 39.0 Å². The van der Waals surface area contributed by atoms with Crippen molar-refractivity contribution >= 4 is 52.9 Å². The van der Waals surface area contributed by atoms with E-state index in [0.717, 1.165) is 68.3 Å². The molecule has 2 aromatic heterocycles. The first kappa shape index (κ1) is 35.1. The molecule has 11 nitrogen and oxygen atoms in total. The van der Waals surface area contributed by atoms with Gasteiger partial charge in [0.2, 0.25) is 5.95 Å². The molecular weight excluding hydrogens is 657 g/mol. The van der Waals surface area contributed by atoms with Gasteiger partial charge in [0.05, 0.1) is 24.7 Å². The van der Waals surface area contributed by atoms with Crippen molar-refractivity contribution in [2.75, 3.05) is 82.3 Å². The summed E-state index contributed by atoms with van der Waals surface area (Å²) in [6, 6.07) is 10.7. The van der Waals surface area contributed by atoms with Gasteiger partial charge >= 0.3 is 0 Å². The van der Waals surface area contributed by atoms with Gasteiger partial charge < -0.3 is 29.7 Å². The average Bonchev–Trinajstić information content (AvgIpc) is 3.10. The SMILES string of the molecule is CCc1cc(Nc2ncc(Cl)c(Nc3ccc(-c4cnc(C)nc4)cc3P(C)(C)=O)n2)c(OC)cc1N1CCC(N2CCN(C)CC2)CC1. The summed E-state index contributed by atoms with van der Waals surface area (Å²) in [7, 11) is 1.19.